The number of amides is 2. The fraction of sp³-hybridized carbons (Fsp3) is 0.357. The molecule has 5 rings (SSSR count). The maximum atomic E-state index is 12.4. The Hall–Kier alpha value is -3.74. The monoisotopic (exact) mass is 609 g/mol. The van der Waals surface area contributed by atoms with Gasteiger partial charge in [0.05, 0.1) is 25.1 Å². The number of aromatic nitrogens is 4. The number of morpholine rings is 1. The first-order valence-corrected chi connectivity index (χ1v) is 13.8. The molecule has 3 heterocycles. The Balaban J connectivity index is 1.16. The number of rotatable bonds is 8. The van der Waals surface area contributed by atoms with Crippen LogP contribution in [-0.4, -0.2) is 70.5 Å². The van der Waals surface area contributed by atoms with Gasteiger partial charge in [0.25, 0.3) is 0 Å². The van der Waals surface area contributed by atoms with Crippen LogP contribution in [0.5, 0.6) is 5.75 Å². The van der Waals surface area contributed by atoms with Crippen LogP contribution in [0.1, 0.15) is 26.5 Å². The van der Waals surface area contributed by atoms with Crippen LogP contribution < -0.4 is 15.4 Å². The summed E-state index contributed by atoms with van der Waals surface area (Å²) in [4.78, 5) is 14.7. The minimum Gasteiger partial charge on any atom is -0.492 e. The van der Waals surface area contributed by atoms with E-state index in [2.05, 4.69) is 46.9 Å². The van der Waals surface area contributed by atoms with Gasteiger partial charge in [0.1, 0.15) is 23.8 Å². The highest BCUT2D eigenvalue weighted by Crippen LogP contribution is 2.28. The second kappa shape index (κ2) is 12.2. The number of carbonyl (C=O) groups excluding carboxylic acids is 1. The molecule has 1 fully saturated rings. The van der Waals surface area contributed by atoms with Gasteiger partial charge in [-0.05, 0) is 46.3 Å². The molecule has 0 radical (unpaired) electrons. The van der Waals surface area contributed by atoms with Crippen molar-refractivity contribution in [3.63, 3.8) is 0 Å². The predicted molar refractivity (Wildman–Crippen MR) is 155 cm³/mol. The van der Waals surface area contributed by atoms with E-state index in [0.29, 0.717) is 29.6 Å². The molecule has 1 aliphatic heterocycles. The minimum atomic E-state index is -0.411. The van der Waals surface area contributed by atoms with Gasteiger partial charge in [-0.3, -0.25) is 10.2 Å². The summed E-state index contributed by atoms with van der Waals surface area (Å²) in [6, 6.07) is 14.5. The van der Waals surface area contributed by atoms with Crippen molar-refractivity contribution in [1.29, 1.82) is 0 Å². The number of nitrogens with one attached hydrogen (secondary N) is 2. The lowest BCUT2D eigenvalue weighted by Gasteiger charge is -2.26. The zero-order valence-electron chi connectivity index (χ0n) is 22.7. The number of ether oxygens (including phenoxy) is 2. The summed E-state index contributed by atoms with van der Waals surface area (Å²) in [5, 5.41) is 18.0. The molecule has 0 saturated carbocycles. The molecular weight excluding hydrogens is 578 g/mol. The van der Waals surface area contributed by atoms with Gasteiger partial charge in [-0.15, -0.1) is 5.10 Å². The van der Waals surface area contributed by atoms with Gasteiger partial charge in [0.15, 0.2) is 5.82 Å². The number of hydrogen-bond donors (Lipinski definition) is 2. The van der Waals surface area contributed by atoms with Crippen molar-refractivity contribution < 1.29 is 18.8 Å². The normalized spacial score (nSPS) is 14.2. The summed E-state index contributed by atoms with van der Waals surface area (Å²) in [5.74, 6) is 1.83. The molecule has 12 heteroatoms. The van der Waals surface area contributed by atoms with E-state index in [1.165, 1.54) is 0 Å². The Morgan fingerprint density at radius 3 is 2.55 bits per heavy atom. The lowest BCUT2D eigenvalue weighted by molar-refractivity contribution is 0.0322. The Kier molecular flexibility index (Phi) is 8.48. The largest absolute Gasteiger partial charge is 0.492 e. The van der Waals surface area contributed by atoms with E-state index in [-0.39, 0.29) is 5.41 Å². The van der Waals surface area contributed by atoms with Crippen molar-refractivity contribution in [2.45, 2.75) is 26.2 Å². The number of anilines is 2. The van der Waals surface area contributed by atoms with Crippen molar-refractivity contribution in [2.24, 2.45) is 0 Å². The summed E-state index contributed by atoms with van der Waals surface area (Å²) in [5.41, 5.74) is 2.84. The molecule has 210 valence electrons. The van der Waals surface area contributed by atoms with Crippen molar-refractivity contribution in [1.82, 2.24) is 25.1 Å². The Bertz CT molecular complexity index is 1440. The average molecular weight is 611 g/mol. The van der Waals surface area contributed by atoms with Gasteiger partial charge in [-0.25, -0.2) is 9.48 Å². The molecule has 2 N–H and O–H groups in total. The fourth-order valence-electron chi connectivity index (χ4n) is 4.08. The molecule has 2 amide bonds. The van der Waals surface area contributed by atoms with Crippen LogP contribution in [0.2, 0.25) is 0 Å². The van der Waals surface area contributed by atoms with Gasteiger partial charge in [-0.2, -0.15) is 0 Å². The highest BCUT2D eigenvalue weighted by molar-refractivity contribution is 9.10. The second-order valence-electron chi connectivity index (χ2n) is 10.4. The molecule has 0 spiro atoms. The molecule has 0 aliphatic carbocycles. The Labute approximate surface area is 240 Å². The number of urea groups is 1. The van der Waals surface area contributed by atoms with Crippen LogP contribution in [0.15, 0.2) is 63.7 Å². The summed E-state index contributed by atoms with van der Waals surface area (Å²) in [6.07, 6.45) is 1.85. The predicted octanol–water partition coefficient (Wildman–Crippen LogP) is 5.34. The van der Waals surface area contributed by atoms with Crippen LogP contribution in [0.4, 0.5) is 16.3 Å². The van der Waals surface area contributed by atoms with E-state index in [0.717, 1.165) is 54.3 Å². The van der Waals surface area contributed by atoms with E-state index < -0.39 is 6.03 Å². The van der Waals surface area contributed by atoms with E-state index in [9.17, 15) is 4.79 Å². The Morgan fingerprint density at radius 2 is 1.85 bits per heavy atom. The smallest absolute Gasteiger partial charge is 0.324 e. The molecule has 2 aromatic heterocycles. The van der Waals surface area contributed by atoms with E-state index in [1.807, 2.05) is 57.3 Å². The minimum absolute atomic E-state index is 0.196. The summed E-state index contributed by atoms with van der Waals surface area (Å²) >= 11 is 3.63. The second-order valence-corrected chi connectivity index (χ2v) is 11.3. The maximum absolute atomic E-state index is 12.4. The summed E-state index contributed by atoms with van der Waals surface area (Å²) in [6.45, 7) is 11.0. The van der Waals surface area contributed by atoms with Gasteiger partial charge in [0.2, 0.25) is 0 Å². The van der Waals surface area contributed by atoms with Crippen molar-refractivity contribution in [3.8, 4) is 22.7 Å². The molecule has 1 aliphatic rings. The van der Waals surface area contributed by atoms with Crippen LogP contribution >= 0.6 is 15.9 Å². The standard InChI is InChI=1S/C28H32BrN7O4/c1-28(2,3)25-17-26(33-40-25)31-27(37)30-20-6-4-19(5-7-20)23-18-36(34-32-23)24-9-8-21(16-22(24)29)39-15-12-35-10-13-38-14-11-35/h4-9,16-18H,10-15H2,1-3H3,(H2,30,31,33,37). The highest BCUT2D eigenvalue weighted by Gasteiger charge is 2.20. The van der Waals surface area contributed by atoms with Gasteiger partial charge in [0, 0.05) is 46.8 Å². The van der Waals surface area contributed by atoms with E-state index >= 15 is 0 Å². The topological polar surface area (TPSA) is 120 Å². The van der Waals surface area contributed by atoms with Crippen LogP contribution in [-0.2, 0) is 10.2 Å². The zero-order chi connectivity index (χ0) is 28.1. The van der Waals surface area contributed by atoms with Gasteiger partial charge >= 0.3 is 6.03 Å². The molecule has 2 aromatic carbocycles. The number of hydrogen-bond acceptors (Lipinski definition) is 8. The first-order valence-electron chi connectivity index (χ1n) is 13.1. The van der Waals surface area contributed by atoms with Crippen molar-refractivity contribution in [2.75, 3.05) is 50.1 Å². The third-order valence-corrected chi connectivity index (χ3v) is 7.00. The van der Waals surface area contributed by atoms with Crippen LogP contribution in [0, 0.1) is 0 Å². The number of benzene rings is 2. The highest BCUT2D eigenvalue weighted by atomic mass is 79.9. The van der Waals surface area contributed by atoms with E-state index in [4.69, 9.17) is 14.0 Å². The first-order chi connectivity index (χ1) is 19.2. The molecule has 1 saturated heterocycles. The van der Waals surface area contributed by atoms with Gasteiger partial charge in [-0.1, -0.05) is 43.3 Å². The third-order valence-electron chi connectivity index (χ3n) is 6.37. The summed E-state index contributed by atoms with van der Waals surface area (Å²) < 4.78 is 19.2. The number of nitrogens with zero attached hydrogens (tertiary/aromatic N) is 5. The quantitative estimate of drug-likeness (QED) is 0.275. The van der Waals surface area contributed by atoms with E-state index in [1.54, 1.807) is 22.9 Å². The third kappa shape index (κ3) is 7.06. The zero-order valence-corrected chi connectivity index (χ0v) is 24.3. The lowest BCUT2D eigenvalue weighted by Crippen LogP contribution is -2.38. The molecule has 0 bridgehead atoms. The Morgan fingerprint density at radius 1 is 1.07 bits per heavy atom. The first kappa shape index (κ1) is 27.8. The number of halogens is 1. The maximum Gasteiger partial charge on any atom is 0.324 e. The molecule has 0 atom stereocenters. The molecule has 40 heavy (non-hydrogen) atoms. The average Bonchev–Trinajstić information content (AvgIpc) is 3.60. The number of carbonyl (C=O) groups is 1. The lowest BCUT2D eigenvalue weighted by atomic mass is 9.93. The molecule has 4 aromatic rings. The van der Waals surface area contributed by atoms with Crippen LogP contribution in [0.3, 0.4) is 0 Å². The summed E-state index contributed by atoms with van der Waals surface area (Å²) in [7, 11) is 0. The SMILES string of the molecule is CC(C)(C)c1cc(NC(=O)Nc2ccc(-c3cn(-c4ccc(OCCN5CCOCC5)cc4Br)nn3)cc2)no1. The van der Waals surface area contributed by atoms with Crippen molar-refractivity contribution >= 4 is 33.5 Å². The van der Waals surface area contributed by atoms with Crippen molar-refractivity contribution in [3.05, 3.63) is 65.0 Å². The molecule has 11 nitrogen and oxygen atoms in total. The van der Waals surface area contributed by atoms with Gasteiger partial charge < -0.3 is 19.3 Å². The van der Waals surface area contributed by atoms with Crippen LogP contribution in [0.25, 0.3) is 16.9 Å². The fourth-order valence-corrected chi connectivity index (χ4v) is 4.62. The molecular formula is C28H32BrN7O4. The molecule has 0 unspecified atom stereocenters.